The second-order valence-corrected chi connectivity index (χ2v) is 7.07. The fourth-order valence-electron chi connectivity index (χ4n) is 3.13. The van der Waals surface area contributed by atoms with Crippen LogP contribution in [0.5, 0.6) is 11.5 Å². The van der Waals surface area contributed by atoms with Gasteiger partial charge in [-0.3, -0.25) is 9.59 Å². The summed E-state index contributed by atoms with van der Waals surface area (Å²) in [6.45, 7) is 0.0686. The first-order valence-electron chi connectivity index (χ1n) is 9.79. The second-order valence-electron chi connectivity index (χ2n) is 7.07. The molecule has 2 aromatic carbocycles. The van der Waals surface area contributed by atoms with Crippen molar-refractivity contribution in [3.05, 3.63) is 59.7 Å². The summed E-state index contributed by atoms with van der Waals surface area (Å²) in [5.41, 5.74) is 0.937. The predicted molar refractivity (Wildman–Crippen MR) is 105 cm³/mol. The SMILES string of the molecule is O=C([O-])CC[C@H](NC(=O)[C@H](Cc1ccc2c(c1)OCO2)NC(=O)c1ccccc1)C(=O)[O-]. The van der Waals surface area contributed by atoms with Crippen molar-refractivity contribution in [2.24, 2.45) is 0 Å². The smallest absolute Gasteiger partial charge is 0.251 e. The Morgan fingerprint density at radius 1 is 0.906 bits per heavy atom. The number of benzene rings is 2. The molecule has 1 aliphatic heterocycles. The number of aliphatic carboxylic acids is 2. The standard InChI is InChI=1S/C22H22N2O8/c25-19(26)9-7-15(22(29)30)23-21(28)16(24-20(27)14-4-2-1-3-5-14)10-13-6-8-17-18(11-13)32-12-31-17/h1-6,8,11,15-16H,7,9-10,12H2,(H,23,28)(H,24,27)(H,25,26)(H,29,30)/p-2/t15-,16-/m0/s1. The van der Waals surface area contributed by atoms with Crippen LogP contribution in [0, 0.1) is 0 Å². The Hall–Kier alpha value is -4.08. The topological polar surface area (TPSA) is 157 Å². The molecule has 0 saturated carbocycles. The van der Waals surface area contributed by atoms with Gasteiger partial charge in [0, 0.05) is 18.0 Å². The lowest BCUT2D eigenvalue weighted by Crippen LogP contribution is -2.55. The molecule has 2 aromatic rings. The molecule has 0 saturated heterocycles. The molecule has 0 bridgehead atoms. The van der Waals surface area contributed by atoms with Gasteiger partial charge in [0.2, 0.25) is 12.7 Å². The van der Waals surface area contributed by atoms with Crippen LogP contribution in [0.15, 0.2) is 48.5 Å². The zero-order valence-electron chi connectivity index (χ0n) is 16.9. The van der Waals surface area contributed by atoms with Crippen LogP contribution in [-0.4, -0.2) is 42.6 Å². The number of nitrogens with one attached hydrogen (secondary N) is 2. The summed E-state index contributed by atoms with van der Waals surface area (Å²) in [6.07, 6.45) is -0.983. The highest BCUT2D eigenvalue weighted by Gasteiger charge is 2.25. The Morgan fingerprint density at radius 3 is 2.31 bits per heavy atom. The quantitative estimate of drug-likeness (QED) is 0.453. The fraction of sp³-hybridized carbons (Fsp3) is 0.273. The van der Waals surface area contributed by atoms with Crippen molar-refractivity contribution < 1.29 is 38.9 Å². The maximum absolute atomic E-state index is 12.9. The summed E-state index contributed by atoms with van der Waals surface area (Å²) < 4.78 is 10.6. The highest BCUT2D eigenvalue weighted by molar-refractivity contribution is 5.98. The van der Waals surface area contributed by atoms with Crippen molar-refractivity contribution in [3.63, 3.8) is 0 Å². The Morgan fingerprint density at radius 2 is 1.62 bits per heavy atom. The van der Waals surface area contributed by atoms with Crippen LogP contribution in [0.2, 0.25) is 0 Å². The lowest BCUT2D eigenvalue weighted by atomic mass is 10.0. The molecule has 0 aliphatic carbocycles. The normalized spacial score (nSPS) is 13.6. The average Bonchev–Trinajstić information content (AvgIpc) is 3.24. The number of amides is 2. The van der Waals surface area contributed by atoms with Gasteiger partial charge in [0.1, 0.15) is 6.04 Å². The number of carbonyl (C=O) groups is 4. The van der Waals surface area contributed by atoms with Gasteiger partial charge in [-0.1, -0.05) is 24.3 Å². The highest BCUT2D eigenvalue weighted by Crippen LogP contribution is 2.32. The Kier molecular flexibility index (Phi) is 7.27. The summed E-state index contributed by atoms with van der Waals surface area (Å²) in [5, 5.41) is 26.8. The lowest BCUT2D eigenvalue weighted by molar-refractivity contribution is -0.310. The molecule has 0 spiro atoms. The van der Waals surface area contributed by atoms with E-state index < -0.39 is 48.7 Å². The van der Waals surface area contributed by atoms with E-state index in [9.17, 15) is 29.4 Å². The van der Waals surface area contributed by atoms with Gasteiger partial charge in [-0.25, -0.2) is 0 Å². The summed E-state index contributed by atoms with van der Waals surface area (Å²) in [7, 11) is 0. The van der Waals surface area contributed by atoms with E-state index in [2.05, 4.69) is 10.6 Å². The molecule has 168 valence electrons. The van der Waals surface area contributed by atoms with Crippen LogP contribution in [0.4, 0.5) is 0 Å². The highest BCUT2D eigenvalue weighted by atomic mass is 16.7. The van der Waals surface area contributed by atoms with Gasteiger partial charge in [-0.15, -0.1) is 0 Å². The molecule has 1 aliphatic rings. The van der Waals surface area contributed by atoms with E-state index in [1.165, 1.54) is 0 Å². The molecular weight excluding hydrogens is 420 g/mol. The molecule has 0 unspecified atom stereocenters. The Balaban J connectivity index is 1.78. The van der Waals surface area contributed by atoms with Gasteiger partial charge in [0.25, 0.3) is 5.91 Å². The maximum atomic E-state index is 12.9. The molecule has 2 N–H and O–H groups in total. The molecule has 2 atom stereocenters. The van der Waals surface area contributed by atoms with Gasteiger partial charge < -0.3 is 39.9 Å². The first-order valence-corrected chi connectivity index (χ1v) is 9.79. The molecule has 2 amide bonds. The fourth-order valence-corrected chi connectivity index (χ4v) is 3.13. The van der Waals surface area contributed by atoms with E-state index in [1.54, 1.807) is 48.5 Å². The zero-order valence-corrected chi connectivity index (χ0v) is 16.9. The van der Waals surface area contributed by atoms with Gasteiger partial charge in [0.05, 0.1) is 12.0 Å². The Bertz CT molecular complexity index is 1010. The summed E-state index contributed by atoms with van der Waals surface area (Å²) in [5.74, 6) is -3.42. The monoisotopic (exact) mass is 440 g/mol. The van der Waals surface area contributed by atoms with Crippen molar-refractivity contribution in [1.82, 2.24) is 10.6 Å². The minimum atomic E-state index is -1.64. The van der Waals surface area contributed by atoms with Gasteiger partial charge >= 0.3 is 0 Å². The number of ether oxygens (including phenoxy) is 2. The van der Waals surface area contributed by atoms with E-state index in [1.807, 2.05) is 0 Å². The number of carboxylic acids is 2. The van der Waals surface area contributed by atoms with E-state index in [4.69, 9.17) is 9.47 Å². The number of rotatable bonds is 10. The molecule has 0 radical (unpaired) electrons. The van der Waals surface area contributed by atoms with Crippen LogP contribution in [0.1, 0.15) is 28.8 Å². The predicted octanol–water partition coefficient (Wildman–Crippen LogP) is -1.48. The minimum Gasteiger partial charge on any atom is -0.550 e. The van der Waals surface area contributed by atoms with Crippen LogP contribution in [0.3, 0.4) is 0 Å². The first kappa shape index (κ1) is 22.6. The number of hydrogen-bond donors (Lipinski definition) is 2. The lowest BCUT2D eigenvalue weighted by Gasteiger charge is -2.24. The van der Waals surface area contributed by atoms with E-state index >= 15 is 0 Å². The summed E-state index contributed by atoms with van der Waals surface area (Å²) in [4.78, 5) is 47.5. The van der Waals surface area contributed by atoms with Gasteiger partial charge in [0.15, 0.2) is 11.5 Å². The minimum absolute atomic E-state index is 0.0152. The Labute approximate surface area is 183 Å². The van der Waals surface area contributed by atoms with E-state index in [-0.39, 0.29) is 13.2 Å². The molecular formula is C22H20N2O8-2. The van der Waals surface area contributed by atoms with Crippen LogP contribution in [-0.2, 0) is 20.8 Å². The molecule has 0 aromatic heterocycles. The maximum Gasteiger partial charge on any atom is 0.251 e. The van der Waals surface area contributed by atoms with Crippen molar-refractivity contribution in [2.45, 2.75) is 31.3 Å². The first-order chi connectivity index (χ1) is 15.3. The van der Waals surface area contributed by atoms with Crippen LogP contribution in [0.25, 0.3) is 0 Å². The number of carboxylic acid groups (broad SMARTS) is 2. The molecule has 1 heterocycles. The van der Waals surface area contributed by atoms with Crippen molar-refractivity contribution in [3.8, 4) is 11.5 Å². The van der Waals surface area contributed by atoms with Crippen molar-refractivity contribution in [2.75, 3.05) is 6.79 Å². The van der Waals surface area contributed by atoms with Gasteiger partial charge in [-0.2, -0.15) is 0 Å². The van der Waals surface area contributed by atoms with Crippen LogP contribution >= 0.6 is 0 Å². The van der Waals surface area contributed by atoms with Crippen molar-refractivity contribution in [1.29, 1.82) is 0 Å². The molecule has 10 heteroatoms. The van der Waals surface area contributed by atoms with E-state index in [0.717, 1.165) is 0 Å². The third-order valence-corrected chi connectivity index (χ3v) is 4.77. The largest absolute Gasteiger partial charge is 0.550 e. The molecule has 10 nitrogen and oxygen atoms in total. The van der Waals surface area contributed by atoms with E-state index in [0.29, 0.717) is 22.6 Å². The van der Waals surface area contributed by atoms with Gasteiger partial charge in [-0.05, 0) is 42.7 Å². The summed E-state index contributed by atoms with van der Waals surface area (Å²) in [6, 6.07) is 10.5. The average molecular weight is 440 g/mol. The number of hydrogen-bond acceptors (Lipinski definition) is 8. The summed E-state index contributed by atoms with van der Waals surface area (Å²) >= 11 is 0. The molecule has 3 rings (SSSR count). The number of carbonyl (C=O) groups excluding carboxylic acids is 4. The zero-order chi connectivity index (χ0) is 23.1. The third-order valence-electron chi connectivity index (χ3n) is 4.77. The number of fused-ring (bicyclic) bond motifs is 1. The van der Waals surface area contributed by atoms with Crippen molar-refractivity contribution >= 4 is 23.8 Å². The van der Waals surface area contributed by atoms with Crippen LogP contribution < -0.4 is 30.3 Å². The third kappa shape index (κ3) is 5.97. The second kappa shape index (κ2) is 10.3. The molecule has 32 heavy (non-hydrogen) atoms. The molecule has 0 fully saturated rings.